The predicted octanol–water partition coefficient (Wildman–Crippen LogP) is 4.75. The van der Waals surface area contributed by atoms with Crippen LogP contribution in [0.15, 0.2) is 74.8 Å². The van der Waals surface area contributed by atoms with Crippen molar-refractivity contribution in [2.75, 3.05) is 20.3 Å². The van der Waals surface area contributed by atoms with Crippen LogP contribution in [0.2, 0.25) is 0 Å². The van der Waals surface area contributed by atoms with Gasteiger partial charge in [-0.2, -0.15) is 0 Å². The Bertz CT molecular complexity index is 1250. The molecule has 0 amide bonds. The van der Waals surface area contributed by atoms with Crippen LogP contribution >= 0.6 is 27.3 Å². The first-order valence-electron chi connectivity index (χ1n) is 10.9. The maximum absolute atomic E-state index is 13.8. The van der Waals surface area contributed by atoms with Gasteiger partial charge in [0, 0.05) is 34.8 Å². The number of benzene rings is 2. The third-order valence-corrected chi connectivity index (χ3v) is 6.77. The number of halogens is 2. The lowest BCUT2D eigenvalue weighted by Gasteiger charge is -2.28. The molecule has 2 heterocycles. The average Bonchev–Trinajstić information content (AvgIpc) is 3.39. The average molecular weight is 559 g/mol. The van der Waals surface area contributed by atoms with E-state index in [9.17, 15) is 9.18 Å². The Morgan fingerprint density at radius 1 is 1.23 bits per heavy atom. The van der Waals surface area contributed by atoms with Crippen molar-refractivity contribution in [1.82, 2.24) is 15.6 Å². The van der Waals surface area contributed by atoms with E-state index >= 15 is 0 Å². The van der Waals surface area contributed by atoms with E-state index in [-0.39, 0.29) is 12.4 Å². The van der Waals surface area contributed by atoms with Gasteiger partial charge in [-0.15, -0.1) is 11.3 Å². The van der Waals surface area contributed by atoms with E-state index in [1.54, 1.807) is 26.3 Å². The summed E-state index contributed by atoms with van der Waals surface area (Å²) in [6.07, 6.45) is 1.69. The zero-order chi connectivity index (χ0) is 24.8. The molecular formula is C25H24BrFN4O3S. The number of aliphatic imine (C=N–C) groups is 1. The molecule has 7 nitrogen and oxygen atoms in total. The van der Waals surface area contributed by atoms with Crippen molar-refractivity contribution >= 4 is 39.1 Å². The third kappa shape index (κ3) is 5.95. The van der Waals surface area contributed by atoms with Gasteiger partial charge < -0.3 is 20.1 Å². The van der Waals surface area contributed by atoms with E-state index in [0.29, 0.717) is 45.2 Å². The molecule has 1 atom stereocenters. The number of aromatic nitrogens is 1. The highest BCUT2D eigenvalue weighted by atomic mass is 79.9. The van der Waals surface area contributed by atoms with Gasteiger partial charge in [0.25, 0.3) is 0 Å². The maximum atomic E-state index is 13.8. The number of amidine groups is 1. The Kier molecular flexibility index (Phi) is 8.27. The largest absolute Gasteiger partial charge is 0.497 e. The molecule has 1 aromatic heterocycles. The Hall–Kier alpha value is -3.08. The van der Waals surface area contributed by atoms with Gasteiger partial charge in [0.15, 0.2) is 10.8 Å². The van der Waals surface area contributed by atoms with Crippen LogP contribution in [0.3, 0.4) is 0 Å². The Morgan fingerprint density at radius 3 is 2.69 bits per heavy atom. The SMILES string of the molecule is CCOC(=O)C1=C(CNCc2ccc(OC)cc2)NC(c2nccs2)=N[C@H]1c1ccc(F)cc1Br. The second-order valence-corrected chi connectivity index (χ2v) is 9.32. The quantitative estimate of drug-likeness (QED) is 0.368. The number of ether oxygens (including phenoxy) is 2. The highest BCUT2D eigenvalue weighted by Gasteiger charge is 2.33. The van der Waals surface area contributed by atoms with E-state index < -0.39 is 12.0 Å². The van der Waals surface area contributed by atoms with E-state index in [0.717, 1.165) is 11.3 Å². The van der Waals surface area contributed by atoms with Crippen molar-refractivity contribution < 1.29 is 18.7 Å². The van der Waals surface area contributed by atoms with E-state index in [1.807, 2.05) is 29.6 Å². The molecule has 4 rings (SSSR count). The van der Waals surface area contributed by atoms with Crippen molar-refractivity contribution in [3.63, 3.8) is 0 Å². The second-order valence-electron chi connectivity index (χ2n) is 7.57. The molecule has 182 valence electrons. The summed E-state index contributed by atoms with van der Waals surface area (Å²) in [5.41, 5.74) is 2.70. The number of methoxy groups -OCH3 is 1. The van der Waals surface area contributed by atoms with Gasteiger partial charge in [-0.3, -0.25) is 4.99 Å². The zero-order valence-electron chi connectivity index (χ0n) is 19.2. The lowest BCUT2D eigenvalue weighted by molar-refractivity contribution is -0.139. The van der Waals surface area contributed by atoms with Gasteiger partial charge in [-0.25, -0.2) is 14.2 Å². The van der Waals surface area contributed by atoms with Gasteiger partial charge in [0.1, 0.15) is 17.6 Å². The monoisotopic (exact) mass is 558 g/mol. The summed E-state index contributed by atoms with van der Waals surface area (Å²) in [7, 11) is 1.63. The molecule has 35 heavy (non-hydrogen) atoms. The molecule has 3 aromatic rings. The molecule has 0 bridgehead atoms. The van der Waals surface area contributed by atoms with Crippen molar-refractivity contribution in [3.8, 4) is 5.75 Å². The lowest BCUT2D eigenvalue weighted by Crippen LogP contribution is -2.38. The molecule has 0 aliphatic carbocycles. The van der Waals surface area contributed by atoms with Crippen molar-refractivity contribution in [1.29, 1.82) is 0 Å². The molecule has 0 saturated carbocycles. The summed E-state index contributed by atoms with van der Waals surface area (Å²) >= 11 is 4.87. The van der Waals surface area contributed by atoms with E-state index in [2.05, 4.69) is 31.5 Å². The number of hydrogen-bond acceptors (Lipinski definition) is 8. The first-order chi connectivity index (χ1) is 17.0. The van der Waals surface area contributed by atoms with Crippen LogP contribution in [0, 0.1) is 5.82 Å². The van der Waals surface area contributed by atoms with E-state index in [1.165, 1.54) is 23.5 Å². The first-order valence-corrected chi connectivity index (χ1v) is 12.6. The summed E-state index contributed by atoms with van der Waals surface area (Å²) in [5.74, 6) is 0.452. The van der Waals surface area contributed by atoms with Gasteiger partial charge in [-0.05, 0) is 42.3 Å². The van der Waals surface area contributed by atoms with E-state index in [4.69, 9.17) is 14.5 Å². The zero-order valence-corrected chi connectivity index (χ0v) is 21.6. The van der Waals surface area contributed by atoms with Crippen molar-refractivity contribution in [3.05, 3.63) is 91.7 Å². The van der Waals surface area contributed by atoms with Crippen LogP contribution in [0.4, 0.5) is 4.39 Å². The molecule has 0 spiro atoms. The number of esters is 1. The van der Waals surface area contributed by atoms with Crippen LogP contribution in [0.25, 0.3) is 0 Å². The topological polar surface area (TPSA) is 84.8 Å². The fraction of sp³-hybridized carbons (Fsp3) is 0.240. The highest BCUT2D eigenvalue weighted by molar-refractivity contribution is 9.10. The predicted molar refractivity (Wildman–Crippen MR) is 137 cm³/mol. The molecular weight excluding hydrogens is 535 g/mol. The highest BCUT2D eigenvalue weighted by Crippen LogP contribution is 2.36. The summed E-state index contributed by atoms with van der Waals surface area (Å²) < 4.78 is 25.0. The normalized spacial score (nSPS) is 15.4. The Morgan fingerprint density at radius 2 is 2.03 bits per heavy atom. The smallest absolute Gasteiger partial charge is 0.338 e. The number of nitrogens with one attached hydrogen (secondary N) is 2. The van der Waals surface area contributed by atoms with Crippen molar-refractivity contribution in [2.45, 2.75) is 19.5 Å². The van der Waals surface area contributed by atoms with Gasteiger partial charge in [-0.1, -0.05) is 34.1 Å². The van der Waals surface area contributed by atoms with Crippen LogP contribution in [0.1, 0.15) is 29.1 Å². The molecule has 1 aliphatic rings. The lowest BCUT2D eigenvalue weighted by atomic mass is 9.95. The summed E-state index contributed by atoms with van der Waals surface area (Å²) in [6.45, 7) is 2.89. The maximum Gasteiger partial charge on any atom is 0.338 e. The van der Waals surface area contributed by atoms with Gasteiger partial charge in [0.05, 0.1) is 19.3 Å². The third-order valence-electron chi connectivity index (χ3n) is 5.30. The minimum atomic E-state index is -0.707. The summed E-state index contributed by atoms with van der Waals surface area (Å²) in [6, 6.07) is 11.4. The minimum absolute atomic E-state index is 0.218. The fourth-order valence-electron chi connectivity index (χ4n) is 3.66. The molecule has 0 fully saturated rings. The summed E-state index contributed by atoms with van der Waals surface area (Å²) in [5, 5.41) is 9.21. The molecule has 0 radical (unpaired) electrons. The molecule has 2 N–H and O–H groups in total. The first kappa shape index (κ1) is 25.0. The standard InChI is InChI=1S/C25H24BrFN4O3S/c1-3-34-25(32)21-20(14-28-13-15-4-7-17(33-2)8-5-15)30-23(24-29-10-11-35-24)31-22(21)18-9-6-16(27)12-19(18)26/h4-12,22,28H,3,13-14H2,1-2H3,(H,30,31)/t22-/m0/s1. The molecule has 2 aromatic carbocycles. The number of hydrogen-bond donors (Lipinski definition) is 2. The number of rotatable bonds is 9. The van der Waals surface area contributed by atoms with Gasteiger partial charge in [0.2, 0.25) is 0 Å². The molecule has 0 unspecified atom stereocenters. The van der Waals surface area contributed by atoms with Crippen molar-refractivity contribution in [2.24, 2.45) is 4.99 Å². The Labute approximate surface area is 215 Å². The molecule has 1 aliphatic heterocycles. The number of carbonyl (C=O) groups is 1. The number of carbonyl (C=O) groups excluding carboxylic acids is 1. The fourth-order valence-corrected chi connectivity index (χ4v) is 4.81. The molecule has 10 heteroatoms. The minimum Gasteiger partial charge on any atom is -0.497 e. The summed E-state index contributed by atoms with van der Waals surface area (Å²) in [4.78, 5) is 22.3. The van der Waals surface area contributed by atoms with Crippen LogP contribution in [-0.2, 0) is 16.1 Å². The van der Waals surface area contributed by atoms with Crippen LogP contribution < -0.4 is 15.4 Å². The van der Waals surface area contributed by atoms with Gasteiger partial charge >= 0.3 is 5.97 Å². The number of nitrogens with zero attached hydrogens (tertiary/aromatic N) is 2. The number of thiazole rings is 1. The molecule has 0 saturated heterocycles. The Balaban J connectivity index is 1.69. The van der Waals surface area contributed by atoms with Crippen LogP contribution in [0.5, 0.6) is 5.75 Å². The van der Waals surface area contributed by atoms with Crippen LogP contribution in [-0.4, -0.2) is 37.1 Å². The second kappa shape index (κ2) is 11.6.